The Bertz CT molecular complexity index is 471. The van der Waals surface area contributed by atoms with Gasteiger partial charge in [-0.1, -0.05) is 11.6 Å². The minimum absolute atomic E-state index is 0.0256. The predicted octanol–water partition coefficient (Wildman–Crippen LogP) is 4.24. The molecule has 2 aliphatic rings. The van der Waals surface area contributed by atoms with Crippen molar-refractivity contribution >= 4 is 33.2 Å². The van der Waals surface area contributed by atoms with Crippen LogP contribution in [0.5, 0.6) is 0 Å². The van der Waals surface area contributed by atoms with Gasteiger partial charge in [-0.2, -0.15) is 0 Å². The molecule has 2 saturated heterocycles. The molecule has 2 aliphatic heterocycles. The van der Waals surface area contributed by atoms with E-state index in [2.05, 4.69) is 21.2 Å². The van der Waals surface area contributed by atoms with Crippen molar-refractivity contribution in [1.29, 1.82) is 0 Å². The molecule has 2 heterocycles. The number of nitrogens with one attached hydrogen (secondary N) is 1. The lowest BCUT2D eigenvalue weighted by Gasteiger charge is -2.43. The molecule has 3 rings (SSSR count). The van der Waals surface area contributed by atoms with E-state index < -0.39 is 0 Å². The molecule has 2 fully saturated rings. The summed E-state index contributed by atoms with van der Waals surface area (Å²) >= 11 is 9.50. The van der Waals surface area contributed by atoms with E-state index in [1.807, 2.05) is 18.2 Å². The van der Waals surface area contributed by atoms with Crippen molar-refractivity contribution in [2.24, 2.45) is 0 Å². The minimum atomic E-state index is 0.0256. The second-order valence-corrected chi connectivity index (χ2v) is 6.87. The summed E-state index contributed by atoms with van der Waals surface area (Å²) in [4.78, 5) is 0. The van der Waals surface area contributed by atoms with E-state index in [-0.39, 0.29) is 5.60 Å². The number of rotatable bonds is 2. The Morgan fingerprint density at radius 1 is 1.25 bits per heavy atom. The largest absolute Gasteiger partial charge is 0.382 e. The number of anilines is 1. The van der Waals surface area contributed by atoms with Gasteiger partial charge in [0.2, 0.25) is 0 Å². The smallest absolute Gasteiger partial charge is 0.0745 e. The standard InChI is InChI=1S/C15H19BrClNO2/c16-13-9-11(1-2-14(13)17)18-12-3-6-20-15(10-12)4-7-19-8-5-15/h1-2,9,12,18H,3-8,10H2. The monoisotopic (exact) mass is 359 g/mol. The van der Waals surface area contributed by atoms with Gasteiger partial charge in [-0.3, -0.25) is 0 Å². The van der Waals surface area contributed by atoms with Crippen LogP contribution in [0.3, 0.4) is 0 Å². The normalized spacial score (nSPS) is 25.6. The van der Waals surface area contributed by atoms with Crippen LogP contribution in [0, 0.1) is 0 Å². The third-order valence-corrected chi connectivity index (χ3v) is 5.40. The van der Waals surface area contributed by atoms with Gasteiger partial charge in [-0.25, -0.2) is 0 Å². The molecule has 0 bridgehead atoms. The van der Waals surface area contributed by atoms with Crippen molar-refractivity contribution < 1.29 is 9.47 Å². The van der Waals surface area contributed by atoms with Gasteiger partial charge in [-0.05, 0) is 59.8 Å². The molecule has 0 aliphatic carbocycles. The number of halogens is 2. The van der Waals surface area contributed by atoms with Crippen LogP contribution in [0.25, 0.3) is 0 Å². The molecule has 1 spiro atoms. The zero-order chi connectivity index (χ0) is 14.0. The molecule has 20 heavy (non-hydrogen) atoms. The summed E-state index contributed by atoms with van der Waals surface area (Å²) in [5.74, 6) is 0. The highest BCUT2D eigenvalue weighted by Gasteiger charge is 2.38. The minimum Gasteiger partial charge on any atom is -0.382 e. The maximum Gasteiger partial charge on any atom is 0.0745 e. The van der Waals surface area contributed by atoms with E-state index in [1.165, 1.54) is 0 Å². The van der Waals surface area contributed by atoms with Crippen LogP contribution in [0.4, 0.5) is 5.69 Å². The van der Waals surface area contributed by atoms with Gasteiger partial charge < -0.3 is 14.8 Å². The molecule has 1 atom stereocenters. The summed E-state index contributed by atoms with van der Waals surface area (Å²) < 4.78 is 12.5. The van der Waals surface area contributed by atoms with Crippen LogP contribution >= 0.6 is 27.5 Å². The third-order valence-electron chi connectivity index (χ3n) is 4.19. The average molecular weight is 361 g/mol. The first-order valence-corrected chi connectivity index (χ1v) is 8.27. The number of ether oxygens (including phenoxy) is 2. The Morgan fingerprint density at radius 2 is 2.05 bits per heavy atom. The van der Waals surface area contributed by atoms with Crippen molar-refractivity contribution in [2.75, 3.05) is 25.1 Å². The lowest BCUT2D eigenvalue weighted by molar-refractivity contribution is -0.135. The number of hydrogen-bond acceptors (Lipinski definition) is 3. The molecule has 1 aromatic rings. The van der Waals surface area contributed by atoms with Gasteiger partial charge in [0, 0.05) is 36.0 Å². The molecule has 0 amide bonds. The SMILES string of the molecule is Clc1ccc(NC2CCOC3(CCOCC3)C2)cc1Br. The fraction of sp³-hybridized carbons (Fsp3) is 0.600. The highest BCUT2D eigenvalue weighted by atomic mass is 79.9. The highest BCUT2D eigenvalue weighted by Crippen LogP contribution is 2.35. The Kier molecular flexibility index (Phi) is 4.55. The van der Waals surface area contributed by atoms with Gasteiger partial charge in [-0.15, -0.1) is 0 Å². The van der Waals surface area contributed by atoms with Gasteiger partial charge in [0.1, 0.15) is 0 Å². The number of benzene rings is 1. The maximum absolute atomic E-state index is 6.07. The van der Waals surface area contributed by atoms with Crippen LogP contribution in [0.2, 0.25) is 5.02 Å². The quantitative estimate of drug-likeness (QED) is 0.855. The fourth-order valence-corrected chi connectivity index (χ4v) is 3.56. The van der Waals surface area contributed by atoms with Crippen LogP contribution in [-0.4, -0.2) is 31.5 Å². The van der Waals surface area contributed by atoms with Gasteiger partial charge in [0.05, 0.1) is 10.6 Å². The second kappa shape index (κ2) is 6.22. The Balaban J connectivity index is 1.66. The van der Waals surface area contributed by atoms with Gasteiger partial charge >= 0.3 is 0 Å². The predicted molar refractivity (Wildman–Crippen MR) is 84.5 cm³/mol. The van der Waals surface area contributed by atoms with Gasteiger partial charge in [0.15, 0.2) is 0 Å². The third kappa shape index (κ3) is 3.30. The summed E-state index contributed by atoms with van der Waals surface area (Å²) in [7, 11) is 0. The Morgan fingerprint density at radius 3 is 2.80 bits per heavy atom. The van der Waals surface area contributed by atoms with E-state index in [0.717, 1.165) is 60.7 Å². The van der Waals surface area contributed by atoms with Crippen molar-refractivity contribution in [1.82, 2.24) is 0 Å². The molecule has 0 saturated carbocycles. The molecule has 1 N–H and O–H groups in total. The first-order valence-electron chi connectivity index (χ1n) is 7.10. The molecule has 1 aromatic carbocycles. The van der Waals surface area contributed by atoms with E-state index in [9.17, 15) is 0 Å². The van der Waals surface area contributed by atoms with Crippen molar-refractivity contribution in [3.8, 4) is 0 Å². The van der Waals surface area contributed by atoms with E-state index in [4.69, 9.17) is 21.1 Å². The van der Waals surface area contributed by atoms with Crippen LogP contribution < -0.4 is 5.32 Å². The molecule has 5 heteroatoms. The molecule has 110 valence electrons. The maximum atomic E-state index is 6.07. The summed E-state index contributed by atoms with van der Waals surface area (Å²) in [6, 6.07) is 6.43. The molecule has 3 nitrogen and oxygen atoms in total. The molecular weight excluding hydrogens is 342 g/mol. The molecule has 0 aromatic heterocycles. The first kappa shape index (κ1) is 14.6. The lowest BCUT2D eigenvalue weighted by Crippen LogP contribution is -2.47. The lowest BCUT2D eigenvalue weighted by atomic mass is 9.84. The van der Waals surface area contributed by atoms with Crippen LogP contribution in [0.1, 0.15) is 25.7 Å². The summed E-state index contributed by atoms with van der Waals surface area (Å²) in [5, 5.41) is 4.35. The summed E-state index contributed by atoms with van der Waals surface area (Å²) in [6.45, 7) is 2.46. The average Bonchev–Trinajstić information content (AvgIpc) is 2.44. The molecule has 0 radical (unpaired) electrons. The van der Waals surface area contributed by atoms with Crippen molar-refractivity contribution in [3.63, 3.8) is 0 Å². The molecular formula is C15H19BrClNO2. The molecule has 1 unspecified atom stereocenters. The first-order chi connectivity index (χ1) is 9.67. The number of hydrogen-bond donors (Lipinski definition) is 1. The summed E-state index contributed by atoms with van der Waals surface area (Å²) in [6.07, 6.45) is 4.12. The zero-order valence-electron chi connectivity index (χ0n) is 11.3. The zero-order valence-corrected chi connectivity index (χ0v) is 13.7. The van der Waals surface area contributed by atoms with Crippen LogP contribution in [0.15, 0.2) is 22.7 Å². The van der Waals surface area contributed by atoms with E-state index >= 15 is 0 Å². The van der Waals surface area contributed by atoms with Crippen LogP contribution in [-0.2, 0) is 9.47 Å². The Labute approximate surface area is 133 Å². The highest BCUT2D eigenvalue weighted by molar-refractivity contribution is 9.10. The topological polar surface area (TPSA) is 30.5 Å². The van der Waals surface area contributed by atoms with Crippen molar-refractivity contribution in [3.05, 3.63) is 27.7 Å². The Hall–Kier alpha value is -0.290. The van der Waals surface area contributed by atoms with E-state index in [0.29, 0.717) is 6.04 Å². The second-order valence-electron chi connectivity index (χ2n) is 5.61. The van der Waals surface area contributed by atoms with E-state index in [1.54, 1.807) is 0 Å². The van der Waals surface area contributed by atoms with Gasteiger partial charge in [0.25, 0.3) is 0 Å². The van der Waals surface area contributed by atoms with Crippen molar-refractivity contribution in [2.45, 2.75) is 37.3 Å². The fourth-order valence-electron chi connectivity index (χ4n) is 3.06. The summed E-state index contributed by atoms with van der Waals surface area (Å²) in [5.41, 5.74) is 1.13.